The van der Waals surface area contributed by atoms with Crippen LogP contribution in [0.2, 0.25) is 5.02 Å². The maximum absolute atomic E-state index is 13.8. The van der Waals surface area contributed by atoms with E-state index in [0.29, 0.717) is 37.5 Å². The Labute approximate surface area is 236 Å². The average molecular weight is 571 g/mol. The van der Waals surface area contributed by atoms with Crippen molar-refractivity contribution in [2.75, 3.05) is 19.7 Å². The van der Waals surface area contributed by atoms with Gasteiger partial charge in [-0.15, -0.1) is 0 Å². The van der Waals surface area contributed by atoms with E-state index in [1.54, 1.807) is 4.90 Å². The molecule has 0 radical (unpaired) electrons. The van der Waals surface area contributed by atoms with Gasteiger partial charge in [0.25, 0.3) is 0 Å². The number of ether oxygens (including phenoxy) is 2. The van der Waals surface area contributed by atoms with Crippen LogP contribution in [0, 0.1) is 17.5 Å². The normalized spacial score (nSPS) is 16.8. The minimum atomic E-state index is -1.32. The first-order chi connectivity index (χ1) is 19.4. The summed E-state index contributed by atoms with van der Waals surface area (Å²) in [6.45, 7) is 1.62. The maximum Gasteiger partial charge on any atom is 0.410 e. The molecule has 5 nitrogen and oxygen atoms in total. The summed E-state index contributed by atoms with van der Waals surface area (Å²) < 4.78 is 52.0. The molecule has 3 aromatic carbocycles. The third-order valence-electron chi connectivity index (χ3n) is 7.05. The first-order valence-electron chi connectivity index (χ1n) is 13.4. The number of aryl methyl sites for hydroxylation is 1. The van der Waals surface area contributed by atoms with Crippen molar-refractivity contribution in [1.82, 2.24) is 10.2 Å². The topological polar surface area (TPSA) is 50.8 Å². The van der Waals surface area contributed by atoms with Gasteiger partial charge in [-0.25, -0.2) is 13.6 Å². The molecule has 5 rings (SSSR count). The summed E-state index contributed by atoms with van der Waals surface area (Å²) in [6, 6.07) is 17.1. The molecule has 0 saturated heterocycles. The average Bonchev–Trinajstić information content (AvgIpc) is 3.80. The summed E-state index contributed by atoms with van der Waals surface area (Å²) in [5.74, 6) is -4.10. The second-order valence-corrected chi connectivity index (χ2v) is 10.4. The highest BCUT2D eigenvalue weighted by Crippen LogP contribution is 2.32. The molecule has 1 atom stereocenters. The highest BCUT2D eigenvalue weighted by Gasteiger charge is 2.36. The third kappa shape index (κ3) is 6.80. The quantitative estimate of drug-likeness (QED) is 0.212. The van der Waals surface area contributed by atoms with Crippen LogP contribution in [0.5, 0.6) is 5.75 Å². The van der Waals surface area contributed by atoms with Gasteiger partial charge in [0.15, 0.2) is 17.4 Å². The van der Waals surface area contributed by atoms with Crippen molar-refractivity contribution in [3.63, 3.8) is 0 Å². The lowest BCUT2D eigenvalue weighted by Crippen LogP contribution is -2.41. The van der Waals surface area contributed by atoms with Crippen LogP contribution in [0.25, 0.3) is 5.57 Å². The van der Waals surface area contributed by atoms with Gasteiger partial charge in [0.1, 0.15) is 6.10 Å². The van der Waals surface area contributed by atoms with Crippen LogP contribution in [0.4, 0.5) is 18.0 Å². The third-order valence-corrected chi connectivity index (χ3v) is 7.42. The number of nitrogens with zero attached hydrogens (tertiary/aromatic N) is 1. The molecule has 1 amide bonds. The van der Waals surface area contributed by atoms with Crippen molar-refractivity contribution in [2.24, 2.45) is 0 Å². The number of halogens is 4. The van der Waals surface area contributed by atoms with E-state index in [0.717, 1.165) is 47.2 Å². The summed E-state index contributed by atoms with van der Waals surface area (Å²) in [5.41, 5.74) is 3.79. The Hall–Kier alpha value is -3.49. The largest absolute Gasteiger partial charge is 0.488 e. The SMILES string of the molecule is O=C(OC1CNCC=C1c1ccc(CCCOc2c(F)ccc(F)c2F)cc1)N(Cc1ccccc1Cl)C1CC1. The molecule has 3 aromatic rings. The number of hydrogen-bond acceptors (Lipinski definition) is 4. The van der Waals surface area contributed by atoms with Gasteiger partial charge >= 0.3 is 6.09 Å². The van der Waals surface area contributed by atoms with Crippen molar-refractivity contribution in [3.8, 4) is 5.75 Å². The van der Waals surface area contributed by atoms with Gasteiger partial charge in [0, 0.05) is 24.2 Å². The van der Waals surface area contributed by atoms with Gasteiger partial charge in [0.2, 0.25) is 5.82 Å². The van der Waals surface area contributed by atoms with E-state index in [-0.39, 0.29) is 18.7 Å². The van der Waals surface area contributed by atoms with E-state index in [1.165, 1.54) is 0 Å². The van der Waals surface area contributed by atoms with Crippen molar-refractivity contribution in [1.29, 1.82) is 0 Å². The molecule has 1 aliphatic heterocycles. The summed E-state index contributed by atoms with van der Waals surface area (Å²) in [5, 5.41) is 3.89. The summed E-state index contributed by atoms with van der Waals surface area (Å²) in [7, 11) is 0. The van der Waals surface area contributed by atoms with Crippen LogP contribution >= 0.6 is 11.6 Å². The van der Waals surface area contributed by atoms with E-state index >= 15 is 0 Å². The van der Waals surface area contributed by atoms with Crippen LogP contribution in [0.1, 0.15) is 36.0 Å². The number of nitrogens with one attached hydrogen (secondary N) is 1. The van der Waals surface area contributed by atoms with Gasteiger partial charge in [-0.2, -0.15) is 4.39 Å². The van der Waals surface area contributed by atoms with E-state index in [9.17, 15) is 18.0 Å². The minimum Gasteiger partial charge on any atom is -0.488 e. The second-order valence-electron chi connectivity index (χ2n) is 9.96. The van der Waals surface area contributed by atoms with Gasteiger partial charge < -0.3 is 19.7 Å². The van der Waals surface area contributed by atoms with Crippen LogP contribution in [-0.2, 0) is 17.7 Å². The Bertz CT molecular complexity index is 1380. The molecule has 1 saturated carbocycles. The molecule has 1 fully saturated rings. The van der Waals surface area contributed by atoms with Gasteiger partial charge in [-0.3, -0.25) is 0 Å². The fraction of sp³-hybridized carbons (Fsp3) is 0.323. The van der Waals surface area contributed by atoms with Gasteiger partial charge in [-0.05, 0) is 66.1 Å². The van der Waals surface area contributed by atoms with E-state index < -0.39 is 29.3 Å². The molecule has 40 heavy (non-hydrogen) atoms. The van der Waals surface area contributed by atoms with Crippen molar-refractivity contribution in [3.05, 3.63) is 106 Å². The molecule has 0 spiro atoms. The highest BCUT2D eigenvalue weighted by molar-refractivity contribution is 6.31. The van der Waals surface area contributed by atoms with Crippen LogP contribution in [0.3, 0.4) is 0 Å². The van der Waals surface area contributed by atoms with Crippen LogP contribution in [0.15, 0.2) is 66.7 Å². The zero-order valence-electron chi connectivity index (χ0n) is 21.8. The van der Waals surface area contributed by atoms with Crippen molar-refractivity contribution >= 4 is 23.3 Å². The van der Waals surface area contributed by atoms with Crippen LogP contribution < -0.4 is 10.1 Å². The number of amides is 1. The number of benzene rings is 3. The van der Waals surface area contributed by atoms with Crippen LogP contribution in [-0.4, -0.2) is 42.8 Å². The van der Waals surface area contributed by atoms with Crippen molar-refractivity contribution < 1.29 is 27.4 Å². The molecule has 9 heteroatoms. The Morgan fingerprint density at radius 3 is 2.50 bits per heavy atom. The molecule has 1 N–H and O–H groups in total. The zero-order valence-corrected chi connectivity index (χ0v) is 22.6. The predicted octanol–water partition coefficient (Wildman–Crippen LogP) is 6.93. The Kier molecular flexibility index (Phi) is 8.97. The second kappa shape index (κ2) is 12.8. The lowest BCUT2D eigenvalue weighted by Gasteiger charge is -2.29. The summed E-state index contributed by atoms with van der Waals surface area (Å²) >= 11 is 6.34. The molecular formula is C31H30ClF3N2O3. The molecule has 0 bridgehead atoms. The first kappa shape index (κ1) is 28.1. The summed E-state index contributed by atoms with van der Waals surface area (Å²) in [4.78, 5) is 15.0. The number of rotatable bonds is 10. The zero-order chi connectivity index (χ0) is 28.1. The Balaban J connectivity index is 1.18. The van der Waals surface area contributed by atoms with Gasteiger partial charge in [0.05, 0.1) is 13.2 Å². The fourth-order valence-electron chi connectivity index (χ4n) is 4.73. The van der Waals surface area contributed by atoms with Crippen molar-refractivity contribution in [2.45, 2.75) is 44.4 Å². The number of carbonyl (C=O) groups excluding carboxylic acids is 1. The van der Waals surface area contributed by atoms with E-state index in [2.05, 4.69) is 5.32 Å². The van der Waals surface area contributed by atoms with E-state index in [1.807, 2.05) is 54.6 Å². The smallest absolute Gasteiger partial charge is 0.410 e. The first-order valence-corrected chi connectivity index (χ1v) is 13.8. The molecule has 210 valence electrons. The molecule has 2 aliphatic rings. The maximum atomic E-state index is 13.8. The fourth-order valence-corrected chi connectivity index (χ4v) is 4.93. The minimum absolute atomic E-state index is 0.0413. The Morgan fingerprint density at radius 1 is 1.00 bits per heavy atom. The molecule has 0 aromatic heterocycles. The molecular weight excluding hydrogens is 541 g/mol. The van der Waals surface area contributed by atoms with Gasteiger partial charge in [-0.1, -0.05) is 60.1 Å². The molecule has 1 heterocycles. The molecule has 1 aliphatic carbocycles. The highest BCUT2D eigenvalue weighted by atomic mass is 35.5. The summed E-state index contributed by atoms with van der Waals surface area (Å²) in [6.07, 6.45) is 4.23. The lowest BCUT2D eigenvalue weighted by molar-refractivity contribution is 0.0773. The standard InChI is InChI=1S/C31H30ClF3N2O3/c32-25-6-2-1-5-22(25)19-37(23-11-12-23)31(38)40-28-18-36-16-15-24(28)21-9-7-20(8-10-21)4-3-17-39-30-27(34)14-13-26(33)29(30)35/h1-2,5-10,13-15,23,28,36H,3-4,11-12,16-19H2. The van der Waals surface area contributed by atoms with E-state index in [4.69, 9.17) is 21.1 Å². The monoisotopic (exact) mass is 570 g/mol. The lowest BCUT2D eigenvalue weighted by atomic mass is 9.96. The number of carbonyl (C=O) groups is 1. The Morgan fingerprint density at radius 2 is 1.75 bits per heavy atom. The number of hydrogen-bond donors (Lipinski definition) is 1. The predicted molar refractivity (Wildman–Crippen MR) is 148 cm³/mol. The molecule has 1 unspecified atom stereocenters.